The molecule has 2 rings (SSSR count). The van der Waals surface area contributed by atoms with E-state index in [0.717, 1.165) is 17.7 Å². The number of halogens is 4. The minimum absolute atomic E-state index is 0.0298. The normalized spacial score (nSPS) is 13.1. The maximum Gasteiger partial charge on any atom is 0.416 e. The molecular weight excluding hydrogens is 310 g/mol. The van der Waals surface area contributed by atoms with Gasteiger partial charge in [-0.3, -0.25) is 0 Å². The number of rotatable bonds is 6. The van der Waals surface area contributed by atoms with Gasteiger partial charge in [-0.15, -0.1) is 0 Å². The van der Waals surface area contributed by atoms with Crippen LogP contribution in [0.4, 0.5) is 17.6 Å². The molecule has 2 aromatic carbocycles. The lowest BCUT2D eigenvalue weighted by Crippen LogP contribution is -2.23. The van der Waals surface area contributed by atoms with E-state index in [4.69, 9.17) is 5.11 Å². The highest BCUT2D eigenvalue weighted by Crippen LogP contribution is 2.32. The Kier molecular flexibility index (Phi) is 5.74. The number of aliphatic hydroxyl groups excluding tert-OH is 1. The van der Waals surface area contributed by atoms with Crippen molar-refractivity contribution in [1.29, 1.82) is 0 Å². The van der Waals surface area contributed by atoms with Gasteiger partial charge in [0.25, 0.3) is 0 Å². The maximum absolute atomic E-state index is 13.1. The number of alkyl halides is 3. The van der Waals surface area contributed by atoms with Gasteiger partial charge in [0.1, 0.15) is 5.82 Å². The standard InChI is InChI=1S/C17H17F4NO/c18-14-7-6-13(15(10-14)17(19,20)21)11-22-16(8-9-23)12-4-2-1-3-5-12/h1-7,10,16,22-23H,8-9,11H2/t16-/m1/s1. The lowest BCUT2D eigenvalue weighted by molar-refractivity contribution is -0.138. The van der Waals surface area contributed by atoms with E-state index in [2.05, 4.69) is 5.32 Å². The third-order valence-electron chi connectivity index (χ3n) is 3.54. The van der Waals surface area contributed by atoms with Crippen LogP contribution in [0.3, 0.4) is 0 Å². The van der Waals surface area contributed by atoms with Crippen LogP contribution < -0.4 is 5.32 Å². The largest absolute Gasteiger partial charge is 0.416 e. The molecule has 2 nitrogen and oxygen atoms in total. The molecule has 0 saturated carbocycles. The number of aliphatic hydroxyl groups is 1. The van der Waals surface area contributed by atoms with Gasteiger partial charge in [0, 0.05) is 19.2 Å². The summed E-state index contributed by atoms with van der Waals surface area (Å²) in [5.41, 5.74) is -0.143. The van der Waals surface area contributed by atoms with Gasteiger partial charge < -0.3 is 10.4 Å². The molecule has 0 aliphatic rings. The second-order valence-corrected chi connectivity index (χ2v) is 5.16. The molecule has 0 aromatic heterocycles. The smallest absolute Gasteiger partial charge is 0.396 e. The van der Waals surface area contributed by atoms with E-state index in [-0.39, 0.29) is 24.8 Å². The maximum atomic E-state index is 13.1. The van der Waals surface area contributed by atoms with Crippen molar-refractivity contribution < 1.29 is 22.7 Å². The van der Waals surface area contributed by atoms with Crippen molar-refractivity contribution >= 4 is 0 Å². The van der Waals surface area contributed by atoms with Gasteiger partial charge in [0.05, 0.1) is 5.56 Å². The average molecular weight is 327 g/mol. The quantitative estimate of drug-likeness (QED) is 0.784. The Labute approximate surface area is 131 Å². The van der Waals surface area contributed by atoms with E-state index in [9.17, 15) is 17.6 Å². The summed E-state index contributed by atoms with van der Waals surface area (Å²) in [4.78, 5) is 0. The van der Waals surface area contributed by atoms with Gasteiger partial charge in [0.2, 0.25) is 0 Å². The van der Waals surface area contributed by atoms with Gasteiger partial charge in [-0.1, -0.05) is 36.4 Å². The molecule has 0 unspecified atom stereocenters. The Hall–Kier alpha value is -1.92. The highest BCUT2D eigenvalue weighted by molar-refractivity contribution is 5.30. The van der Waals surface area contributed by atoms with Gasteiger partial charge in [0.15, 0.2) is 0 Å². The first kappa shape index (κ1) is 17.4. The topological polar surface area (TPSA) is 32.3 Å². The third kappa shape index (κ3) is 4.77. The number of hydrogen-bond donors (Lipinski definition) is 2. The molecule has 124 valence electrons. The van der Waals surface area contributed by atoms with Crippen LogP contribution >= 0.6 is 0 Å². The predicted molar refractivity (Wildman–Crippen MR) is 79.1 cm³/mol. The van der Waals surface area contributed by atoms with Crippen LogP contribution in [0.15, 0.2) is 48.5 Å². The highest BCUT2D eigenvalue weighted by Gasteiger charge is 2.33. The monoisotopic (exact) mass is 327 g/mol. The molecule has 0 spiro atoms. The summed E-state index contributed by atoms with van der Waals surface area (Å²) >= 11 is 0. The predicted octanol–water partition coefficient (Wildman–Crippen LogP) is 4.06. The molecule has 0 aliphatic carbocycles. The van der Waals surface area contributed by atoms with Crippen LogP contribution in [0.1, 0.15) is 29.2 Å². The van der Waals surface area contributed by atoms with Crippen LogP contribution in [0.5, 0.6) is 0 Å². The number of hydrogen-bond acceptors (Lipinski definition) is 2. The van der Waals surface area contributed by atoms with Crippen molar-refractivity contribution in [3.8, 4) is 0 Å². The molecule has 0 saturated heterocycles. The van der Waals surface area contributed by atoms with Gasteiger partial charge in [-0.25, -0.2) is 4.39 Å². The van der Waals surface area contributed by atoms with Crippen molar-refractivity contribution in [2.75, 3.05) is 6.61 Å². The molecule has 0 heterocycles. The second kappa shape index (κ2) is 7.57. The summed E-state index contributed by atoms with van der Waals surface area (Å²) < 4.78 is 52.1. The molecule has 0 fully saturated rings. The van der Waals surface area contributed by atoms with Gasteiger partial charge in [-0.05, 0) is 29.7 Å². The lowest BCUT2D eigenvalue weighted by atomic mass is 10.0. The van der Waals surface area contributed by atoms with E-state index < -0.39 is 17.6 Å². The summed E-state index contributed by atoms with van der Waals surface area (Å²) in [6.07, 6.45) is -4.25. The zero-order chi connectivity index (χ0) is 16.9. The molecule has 0 aliphatic heterocycles. The SMILES string of the molecule is OCC[C@@H](NCc1ccc(F)cc1C(F)(F)F)c1ccccc1. The van der Waals surface area contributed by atoms with Crippen LogP contribution in [0.25, 0.3) is 0 Å². The van der Waals surface area contributed by atoms with E-state index >= 15 is 0 Å². The molecule has 0 bridgehead atoms. The van der Waals surface area contributed by atoms with Gasteiger partial charge >= 0.3 is 6.18 Å². The molecular formula is C17H17F4NO. The minimum Gasteiger partial charge on any atom is -0.396 e. The highest BCUT2D eigenvalue weighted by atomic mass is 19.4. The van der Waals surface area contributed by atoms with Crippen molar-refractivity contribution in [3.05, 3.63) is 71.0 Å². The second-order valence-electron chi connectivity index (χ2n) is 5.16. The van der Waals surface area contributed by atoms with Crippen LogP contribution in [0, 0.1) is 5.82 Å². The summed E-state index contributed by atoms with van der Waals surface area (Å²) in [5.74, 6) is -0.920. The zero-order valence-electron chi connectivity index (χ0n) is 12.3. The Morgan fingerprint density at radius 3 is 2.35 bits per heavy atom. The molecule has 2 aromatic rings. The fourth-order valence-electron chi connectivity index (χ4n) is 2.40. The summed E-state index contributed by atoms with van der Waals surface area (Å²) in [5, 5.41) is 12.1. The molecule has 6 heteroatoms. The Balaban J connectivity index is 2.18. The number of benzene rings is 2. The Morgan fingerprint density at radius 1 is 1.04 bits per heavy atom. The summed E-state index contributed by atoms with van der Waals surface area (Å²) in [6, 6.07) is 11.5. The molecule has 0 radical (unpaired) electrons. The fraction of sp³-hybridized carbons (Fsp3) is 0.294. The van der Waals surface area contributed by atoms with E-state index in [0.29, 0.717) is 12.5 Å². The zero-order valence-corrected chi connectivity index (χ0v) is 12.3. The van der Waals surface area contributed by atoms with E-state index in [1.165, 1.54) is 0 Å². The van der Waals surface area contributed by atoms with Crippen LogP contribution in [-0.2, 0) is 12.7 Å². The summed E-state index contributed by atoms with van der Waals surface area (Å²) in [6.45, 7) is -0.170. The Morgan fingerprint density at radius 2 is 1.74 bits per heavy atom. The van der Waals surface area contributed by atoms with Gasteiger partial charge in [-0.2, -0.15) is 13.2 Å². The number of nitrogens with one attached hydrogen (secondary N) is 1. The lowest BCUT2D eigenvalue weighted by Gasteiger charge is -2.20. The summed E-state index contributed by atoms with van der Waals surface area (Å²) in [7, 11) is 0. The molecule has 0 amide bonds. The first-order chi connectivity index (χ1) is 10.9. The van der Waals surface area contributed by atoms with Crippen molar-refractivity contribution in [3.63, 3.8) is 0 Å². The molecule has 23 heavy (non-hydrogen) atoms. The molecule has 1 atom stereocenters. The minimum atomic E-state index is -4.61. The third-order valence-corrected chi connectivity index (χ3v) is 3.54. The first-order valence-corrected chi connectivity index (χ1v) is 7.16. The van der Waals surface area contributed by atoms with E-state index in [1.54, 1.807) is 0 Å². The average Bonchev–Trinajstić information content (AvgIpc) is 2.52. The van der Waals surface area contributed by atoms with Crippen LogP contribution in [-0.4, -0.2) is 11.7 Å². The molecule has 2 N–H and O–H groups in total. The van der Waals surface area contributed by atoms with Crippen molar-refractivity contribution in [1.82, 2.24) is 5.32 Å². The fourth-order valence-corrected chi connectivity index (χ4v) is 2.40. The van der Waals surface area contributed by atoms with Crippen molar-refractivity contribution in [2.24, 2.45) is 0 Å². The Bertz CT molecular complexity index is 628. The van der Waals surface area contributed by atoms with E-state index in [1.807, 2.05) is 30.3 Å². The van der Waals surface area contributed by atoms with Crippen molar-refractivity contribution in [2.45, 2.75) is 25.2 Å². The van der Waals surface area contributed by atoms with Crippen LogP contribution in [0.2, 0.25) is 0 Å². The first-order valence-electron chi connectivity index (χ1n) is 7.16.